The molecule has 1 aromatic heterocycles. The van der Waals surface area contributed by atoms with Crippen LogP contribution in [0.3, 0.4) is 0 Å². The van der Waals surface area contributed by atoms with Crippen LogP contribution in [0.1, 0.15) is 41.4 Å². The number of ether oxygens (including phenoxy) is 2. The number of halogens is 1. The molecule has 2 aromatic carbocycles. The summed E-state index contributed by atoms with van der Waals surface area (Å²) in [6.07, 6.45) is 0.344. The predicted octanol–water partition coefficient (Wildman–Crippen LogP) is 5.08. The highest BCUT2D eigenvalue weighted by Gasteiger charge is 2.27. The molecule has 3 aromatic rings. The van der Waals surface area contributed by atoms with Gasteiger partial charge in [0.1, 0.15) is 28.6 Å². The molecular formula is C25H26FNO4. The van der Waals surface area contributed by atoms with Gasteiger partial charge in [0.05, 0.1) is 19.9 Å². The number of carbonyl (C=O) groups is 1. The van der Waals surface area contributed by atoms with Gasteiger partial charge >= 0.3 is 0 Å². The fourth-order valence-electron chi connectivity index (χ4n) is 3.32. The topological polar surface area (TPSA) is 68.7 Å². The average Bonchev–Trinajstić information content (AvgIpc) is 2.79. The second-order valence-corrected chi connectivity index (χ2v) is 7.64. The van der Waals surface area contributed by atoms with Gasteiger partial charge in [-0.1, -0.05) is 0 Å². The molecule has 6 heteroatoms. The summed E-state index contributed by atoms with van der Waals surface area (Å²) in [5.74, 6) is 0.808. The zero-order valence-corrected chi connectivity index (χ0v) is 18.1. The smallest absolute Gasteiger partial charge is 0.163 e. The number of Topliss-reactive ketones (excluding diaryl/α,β-unsaturated/α-hetero) is 1. The van der Waals surface area contributed by atoms with Crippen LogP contribution in [0.4, 0.5) is 4.39 Å². The first-order chi connectivity index (χ1) is 14.7. The Morgan fingerprint density at radius 3 is 2.39 bits per heavy atom. The molecule has 3 rings (SSSR count). The number of aromatic nitrogens is 1. The van der Waals surface area contributed by atoms with Crippen LogP contribution in [-0.2, 0) is 5.60 Å². The van der Waals surface area contributed by atoms with Crippen LogP contribution >= 0.6 is 0 Å². The standard InChI is InChI=1S/C25H26FNO4/c1-16-15-18(7-10-20(16)26)24-22(31-4)11-12-23(27-24)25(2,29)14-13-21(28)17-5-8-19(30-3)9-6-17/h5-12,15,29H,13-14H2,1-4H3. The van der Waals surface area contributed by atoms with E-state index in [0.29, 0.717) is 39.6 Å². The van der Waals surface area contributed by atoms with Crippen molar-refractivity contribution < 1.29 is 23.8 Å². The zero-order chi connectivity index (χ0) is 22.6. The van der Waals surface area contributed by atoms with E-state index in [1.54, 1.807) is 69.5 Å². The summed E-state index contributed by atoms with van der Waals surface area (Å²) < 4.78 is 24.2. The number of carbonyl (C=O) groups excluding carboxylic acids is 1. The molecule has 162 valence electrons. The quantitative estimate of drug-likeness (QED) is 0.512. The summed E-state index contributed by atoms with van der Waals surface area (Å²) in [4.78, 5) is 17.2. The first-order valence-electron chi connectivity index (χ1n) is 9.97. The van der Waals surface area contributed by atoms with Crippen molar-refractivity contribution in [2.45, 2.75) is 32.3 Å². The summed E-state index contributed by atoms with van der Waals surface area (Å²) in [5.41, 5.74) is 1.31. The molecule has 0 fully saturated rings. The number of methoxy groups -OCH3 is 2. The number of nitrogens with zero attached hydrogens (tertiary/aromatic N) is 1. The number of hydrogen-bond donors (Lipinski definition) is 1. The van der Waals surface area contributed by atoms with E-state index in [0.717, 1.165) is 0 Å². The zero-order valence-electron chi connectivity index (χ0n) is 18.1. The highest BCUT2D eigenvalue weighted by atomic mass is 19.1. The van der Waals surface area contributed by atoms with Crippen LogP contribution in [0.5, 0.6) is 11.5 Å². The lowest BCUT2D eigenvalue weighted by atomic mass is 9.92. The third-order valence-corrected chi connectivity index (χ3v) is 5.31. The van der Waals surface area contributed by atoms with Gasteiger partial charge in [-0.15, -0.1) is 0 Å². The third kappa shape index (κ3) is 5.09. The van der Waals surface area contributed by atoms with Crippen LogP contribution in [0, 0.1) is 12.7 Å². The van der Waals surface area contributed by atoms with Gasteiger partial charge in [-0.2, -0.15) is 0 Å². The molecule has 0 aliphatic heterocycles. The molecule has 0 spiro atoms. The lowest BCUT2D eigenvalue weighted by Crippen LogP contribution is -2.24. The van der Waals surface area contributed by atoms with Gasteiger partial charge < -0.3 is 14.6 Å². The molecule has 1 unspecified atom stereocenters. The van der Waals surface area contributed by atoms with E-state index in [1.165, 1.54) is 13.2 Å². The van der Waals surface area contributed by atoms with Gasteiger partial charge in [-0.25, -0.2) is 9.37 Å². The van der Waals surface area contributed by atoms with E-state index in [1.807, 2.05) is 0 Å². The van der Waals surface area contributed by atoms with Crippen molar-refractivity contribution in [3.8, 4) is 22.8 Å². The van der Waals surface area contributed by atoms with Gasteiger partial charge in [0, 0.05) is 17.5 Å². The van der Waals surface area contributed by atoms with Crippen LogP contribution in [0.15, 0.2) is 54.6 Å². The molecule has 0 saturated carbocycles. The first kappa shape index (κ1) is 22.4. The summed E-state index contributed by atoms with van der Waals surface area (Å²) in [5, 5.41) is 11.1. The number of pyridine rings is 1. The van der Waals surface area contributed by atoms with Crippen molar-refractivity contribution in [1.82, 2.24) is 4.98 Å². The Kier molecular flexibility index (Phi) is 6.71. The summed E-state index contributed by atoms with van der Waals surface area (Å²) in [6, 6.07) is 15.0. The second-order valence-electron chi connectivity index (χ2n) is 7.64. The van der Waals surface area contributed by atoms with Gasteiger partial charge in [0.15, 0.2) is 5.78 Å². The van der Waals surface area contributed by atoms with Crippen LogP contribution < -0.4 is 9.47 Å². The highest BCUT2D eigenvalue weighted by Crippen LogP contribution is 2.33. The molecule has 0 aliphatic rings. The highest BCUT2D eigenvalue weighted by molar-refractivity contribution is 5.96. The van der Waals surface area contributed by atoms with E-state index in [-0.39, 0.29) is 24.4 Å². The van der Waals surface area contributed by atoms with Crippen molar-refractivity contribution in [3.05, 3.63) is 77.2 Å². The van der Waals surface area contributed by atoms with E-state index in [2.05, 4.69) is 4.98 Å². The Balaban J connectivity index is 1.83. The molecule has 1 N–H and O–H groups in total. The molecule has 1 heterocycles. The monoisotopic (exact) mass is 423 g/mol. The third-order valence-electron chi connectivity index (χ3n) is 5.31. The SMILES string of the molecule is COc1ccc(C(=O)CCC(C)(O)c2ccc(OC)c(-c3ccc(F)c(C)c3)n2)cc1. The Morgan fingerprint density at radius 1 is 1.06 bits per heavy atom. The van der Waals surface area contributed by atoms with Crippen molar-refractivity contribution in [2.75, 3.05) is 14.2 Å². The number of ketones is 1. The Bertz CT molecular complexity index is 1080. The Labute approximate surface area is 181 Å². The molecule has 0 bridgehead atoms. The van der Waals surface area contributed by atoms with Crippen LogP contribution in [-0.4, -0.2) is 30.1 Å². The van der Waals surface area contributed by atoms with Crippen molar-refractivity contribution in [1.29, 1.82) is 0 Å². The first-order valence-corrected chi connectivity index (χ1v) is 9.97. The molecular weight excluding hydrogens is 397 g/mol. The number of aliphatic hydroxyl groups is 1. The number of hydrogen-bond acceptors (Lipinski definition) is 5. The van der Waals surface area contributed by atoms with Crippen molar-refractivity contribution in [2.24, 2.45) is 0 Å². The number of benzene rings is 2. The normalized spacial score (nSPS) is 12.8. The number of rotatable bonds is 8. The van der Waals surface area contributed by atoms with E-state index < -0.39 is 5.60 Å². The van der Waals surface area contributed by atoms with Crippen LogP contribution in [0.2, 0.25) is 0 Å². The predicted molar refractivity (Wildman–Crippen MR) is 117 cm³/mol. The van der Waals surface area contributed by atoms with Crippen molar-refractivity contribution >= 4 is 5.78 Å². The maximum Gasteiger partial charge on any atom is 0.163 e. The maximum atomic E-state index is 13.7. The van der Waals surface area contributed by atoms with E-state index in [4.69, 9.17) is 9.47 Å². The Hall–Kier alpha value is -3.25. The largest absolute Gasteiger partial charge is 0.497 e. The van der Waals surface area contributed by atoms with E-state index >= 15 is 0 Å². The molecule has 31 heavy (non-hydrogen) atoms. The molecule has 1 atom stereocenters. The van der Waals surface area contributed by atoms with Gasteiger partial charge in [-0.3, -0.25) is 4.79 Å². The lowest BCUT2D eigenvalue weighted by Gasteiger charge is -2.24. The maximum absolute atomic E-state index is 13.7. The minimum atomic E-state index is -1.34. The fraction of sp³-hybridized carbons (Fsp3) is 0.280. The molecule has 5 nitrogen and oxygen atoms in total. The molecule has 0 amide bonds. The average molecular weight is 423 g/mol. The second kappa shape index (κ2) is 9.27. The molecule has 0 aliphatic carbocycles. The summed E-state index contributed by atoms with van der Waals surface area (Å²) in [7, 11) is 3.10. The van der Waals surface area contributed by atoms with E-state index in [9.17, 15) is 14.3 Å². The number of aryl methyl sites for hydroxylation is 1. The summed E-state index contributed by atoms with van der Waals surface area (Å²) >= 11 is 0. The fourth-order valence-corrected chi connectivity index (χ4v) is 3.32. The Morgan fingerprint density at radius 2 is 1.77 bits per heavy atom. The molecule has 0 radical (unpaired) electrons. The van der Waals surface area contributed by atoms with Gasteiger partial charge in [0.2, 0.25) is 0 Å². The van der Waals surface area contributed by atoms with Crippen LogP contribution in [0.25, 0.3) is 11.3 Å². The molecule has 0 saturated heterocycles. The van der Waals surface area contributed by atoms with Gasteiger partial charge in [-0.05, 0) is 80.4 Å². The van der Waals surface area contributed by atoms with Gasteiger partial charge in [0.25, 0.3) is 0 Å². The summed E-state index contributed by atoms with van der Waals surface area (Å²) in [6.45, 7) is 3.30. The lowest BCUT2D eigenvalue weighted by molar-refractivity contribution is 0.0397. The van der Waals surface area contributed by atoms with Crippen molar-refractivity contribution in [3.63, 3.8) is 0 Å². The minimum absolute atomic E-state index is 0.0779. The minimum Gasteiger partial charge on any atom is -0.497 e.